The number of amides is 1. The number of ether oxygens (including phenoxy) is 1. The molecular weight excluding hydrogens is 330 g/mol. The van der Waals surface area contributed by atoms with E-state index in [0.717, 1.165) is 22.3 Å². The van der Waals surface area contributed by atoms with Gasteiger partial charge in [-0.2, -0.15) is 0 Å². The molecule has 7 nitrogen and oxygen atoms in total. The Morgan fingerprint density at radius 3 is 2.92 bits per heavy atom. The van der Waals surface area contributed by atoms with Crippen molar-refractivity contribution in [3.8, 4) is 5.88 Å². The summed E-state index contributed by atoms with van der Waals surface area (Å²) < 4.78 is 7.22. The predicted molar refractivity (Wildman–Crippen MR) is 91.4 cm³/mol. The van der Waals surface area contributed by atoms with Crippen molar-refractivity contribution in [1.29, 1.82) is 0 Å². The number of hydrogen-bond donors (Lipinski definition) is 1. The molecule has 0 aromatic carbocycles. The zero-order valence-corrected chi connectivity index (χ0v) is 14.3. The van der Waals surface area contributed by atoms with Gasteiger partial charge in [0, 0.05) is 24.0 Å². The molecule has 24 heavy (non-hydrogen) atoms. The normalized spacial score (nSPS) is 10.8. The van der Waals surface area contributed by atoms with E-state index in [4.69, 9.17) is 16.3 Å². The number of anilines is 1. The summed E-state index contributed by atoms with van der Waals surface area (Å²) in [4.78, 5) is 20.5. The third-order valence-electron chi connectivity index (χ3n) is 3.42. The number of pyridine rings is 2. The first-order chi connectivity index (χ1) is 11.4. The smallest absolute Gasteiger partial charge is 0.263 e. The van der Waals surface area contributed by atoms with E-state index in [2.05, 4.69) is 20.4 Å². The lowest BCUT2D eigenvalue weighted by molar-refractivity contribution is -0.118. The van der Waals surface area contributed by atoms with Crippen molar-refractivity contribution >= 4 is 34.4 Å². The molecule has 0 spiro atoms. The number of carbonyl (C=O) groups excluding carboxylic acids is 1. The fraction of sp³-hybridized carbons (Fsp3) is 0.250. The van der Waals surface area contributed by atoms with Crippen LogP contribution in [0.2, 0.25) is 5.02 Å². The van der Waals surface area contributed by atoms with Gasteiger partial charge in [-0.3, -0.25) is 4.79 Å². The van der Waals surface area contributed by atoms with Crippen LogP contribution in [-0.2, 0) is 11.8 Å². The molecule has 0 aliphatic rings. The lowest BCUT2D eigenvalue weighted by atomic mass is 10.2. The Hall–Kier alpha value is -2.67. The monoisotopic (exact) mass is 345 g/mol. The van der Waals surface area contributed by atoms with E-state index in [9.17, 15) is 4.79 Å². The predicted octanol–water partition coefficient (Wildman–Crippen LogP) is 2.65. The number of aryl methyl sites for hydroxylation is 3. The molecule has 8 heteroatoms. The van der Waals surface area contributed by atoms with Crippen LogP contribution in [0.5, 0.6) is 5.88 Å². The zero-order chi connectivity index (χ0) is 17.3. The van der Waals surface area contributed by atoms with E-state index in [0.29, 0.717) is 16.7 Å². The molecule has 0 atom stereocenters. The van der Waals surface area contributed by atoms with Gasteiger partial charge in [-0.1, -0.05) is 11.6 Å². The summed E-state index contributed by atoms with van der Waals surface area (Å²) in [6.07, 6.45) is 1.52. The maximum Gasteiger partial charge on any atom is 0.263 e. The van der Waals surface area contributed by atoms with Crippen LogP contribution in [0.1, 0.15) is 11.3 Å². The first-order valence-corrected chi connectivity index (χ1v) is 7.67. The van der Waals surface area contributed by atoms with Crippen molar-refractivity contribution in [2.24, 2.45) is 7.05 Å². The Bertz CT molecular complexity index is 922. The van der Waals surface area contributed by atoms with E-state index in [1.54, 1.807) is 23.9 Å². The maximum absolute atomic E-state index is 12.0. The average molecular weight is 346 g/mol. The molecular formula is C16H16ClN5O2. The minimum Gasteiger partial charge on any atom is -0.466 e. The quantitative estimate of drug-likeness (QED) is 0.786. The summed E-state index contributed by atoms with van der Waals surface area (Å²) in [6, 6.07) is 5.14. The molecule has 3 aromatic rings. The Morgan fingerprint density at radius 2 is 2.17 bits per heavy atom. The van der Waals surface area contributed by atoms with Gasteiger partial charge in [-0.15, -0.1) is 5.10 Å². The molecule has 0 bridgehead atoms. The minimum absolute atomic E-state index is 0.187. The highest BCUT2D eigenvalue weighted by Crippen LogP contribution is 2.27. The summed E-state index contributed by atoms with van der Waals surface area (Å²) in [7, 11) is 1.79. The summed E-state index contributed by atoms with van der Waals surface area (Å²) in [5.74, 6) is 0.406. The first-order valence-electron chi connectivity index (χ1n) is 7.29. The van der Waals surface area contributed by atoms with Gasteiger partial charge in [0.2, 0.25) is 5.88 Å². The molecule has 0 unspecified atom stereocenters. The molecule has 124 valence electrons. The average Bonchev–Trinajstić information content (AvgIpc) is 2.82. The van der Waals surface area contributed by atoms with Gasteiger partial charge in [-0.05, 0) is 37.6 Å². The third-order valence-corrected chi connectivity index (χ3v) is 3.65. The van der Waals surface area contributed by atoms with Crippen LogP contribution in [0.25, 0.3) is 11.0 Å². The van der Waals surface area contributed by atoms with Gasteiger partial charge < -0.3 is 10.1 Å². The zero-order valence-electron chi connectivity index (χ0n) is 13.5. The maximum atomic E-state index is 12.0. The molecule has 0 aliphatic heterocycles. The summed E-state index contributed by atoms with van der Waals surface area (Å²) in [5, 5.41) is 8.22. The molecule has 3 aromatic heterocycles. The molecule has 0 saturated carbocycles. The largest absolute Gasteiger partial charge is 0.466 e. The number of nitrogens with zero attached hydrogens (tertiary/aromatic N) is 4. The second-order valence-electron chi connectivity index (χ2n) is 5.40. The Morgan fingerprint density at radius 1 is 1.38 bits per heavy atom. The van der Waals surface area contributed by atoms with Gasteiger partial charge in [0.05, 0.1) is 5.39 Å². The van der Waals surface area contributed by atoms with Crippen molar-refractivity contribution in [2.75, 3.05) is 11.9 Å². The molecule has 0 saturated heterocycles. The molecule has 0 fully saturated rings. The topological polar surface area (TPSA) is 81.9 Å². The van der Waals surface area contributed by atoms with Crippen LogP contribution in [0.4, 0.5) is 5.82 Å². The van der Waals surface area contributed by atoms with Crippen LogP contribution in [0.3, 0.4) is 0 Å². The van der Waals surface area contributed by atoms with E-state index >= 15 is 0 Å². The molecule has 3 rings (SSSR count). The van der Waals surface area contributed by atoms with Crippen molar-refractivity contribution in [2.45, 2.75) is 13.8 Å². The molecule has 0 radical (unpaired) electrons. The van der Waals surface area contributed by atoms with Crippen molar-refractivity contribution < 1.29 is 9.53 Å². The third kappa shape index (κ3) is 3.30. The van der Waals surface area contributed by atoms with E-state index in [-0.39, 0.29) is 12.5 Å². The Kier molecular flexibility index (Phi) is 4.35. The van der Waals surface area contributed by atoms with E-state index in [1.165, 1.54) is 6.20 Å². The van der Waals surface area contributed by atoms with Crippen LogP contribution < -0.4 is 10.1 Å². The number of halogens is 1. The highest BCUT2D eigenvalue weighted by Gasteiger charge is 2.15. The Balaban J connectivity index is 1.75. The minimum atomic E-state index is -0.346. The standard InChI is InChI=1S/C16H16ClN5O2/c1-9-6-10(2)19-15-14(9)16(21-22(15)3)24-8-13(23)20-12-7-11(17)4-5-18-12/h4-7H,8H2,1-3H3,(H,18,20,23). The van der Waals surface area contributed by atoms with Crippen LogP contribution >= 0.6 is 11.6 Å². The van der Waals surface area contributed by atoms with Gasteiger partial charge in [-0.25, -0.2) is 14.6 Å². The van der Waals surface area contributed by atoms with Gasteiger partial charge in [0.1, 0.15) is 5.82 Å². The Labute approximate surface area is 143 Å². The lowest BCUT2D eigenvalue weighted by Gasteiger charge is -2.06. The SMILES string of the molecule is Cc1cc(C)c2c(OCC(=O)Nc3cc(Cl)ccn3)nn(C)c2n1. The number of fused-ring (bicyclic) bond motifs is 1. The van der Waals surface area contributed by atoms with Crippen molar-refractivity contribution in [1.82, 2.24) is 19.7 Å². The second kappa shape index (κ2) is 6.45. The van der Waals surface area contributed by atoms with Crippen molar-refractivity contribution in [3.63, 3.8) is 0 Å². The highest BCUT2D eigenvalue weighted by molar-refractivity contribution is 6.30. The first kappa shape index (κ1) is 16.2. The number of nitrogens with one attached hydrogen (secondary N) is 1. The number of rotatable bonds is 4. The number of hydrogen-bond acceptors (Lipinski definition) is 5. The molecule has 0 aliphatic carbocycles. The van der Waals surface area contributed by atoms with Gasteiger partial charge in [0.15, 0.2) is 12.3 Å². The molecule has 1 N–H and O–H groups in total. The van der Waals surface area contributed by atoms with Gasteiger partial charge in [0.25, 0.3) is 5.91 Å². The molecule has 1 amide bonds. The van der Waals surface area contributed by atoms with Crippen LogP contribution in [-0.4, -0.2) is 32.3 Å². The number of aromatic nitrogens is 4. The second-order valence-corrected chi connectivity index (χ2v) is 5.84. The van der Waals surface area contributed by atoms with Crippen LogP contribution in [0.15, 0.2) is 24.4 Å². The van der Waals surface area contributed by atoms with E-state index < -0.39 is 0 Å². The summed E-state index contributed by atoms with van der Waals surface area (Å²) >= 11 is 5.86. The fourth-order valence-corrected chi connectivity index (χ4v) is 2.60. The van der Waals surface area contributed by atoms with Crippen LogP contribution in [0, 0.1) is 13.8 Å². The highest BCUT2D eigenvalue weighted by atomic mass is 35.5. The number of carbonyl (C=O) groups is 1. The lowest BCUT2D eigenvalue weighted by Crippen LogP contribution is -2.21. The van der Waals surface area contributed by atoms with Gasteiger partial charge >= 0.3 is 0 Å². The summed E-state index contributed by atoms with van der Waals surface area (Å²) in [6.45, 7) is 3.69. The molecule has 3 heterocycles. The summed E-state index contributed by atoms with van der Waals surface area (Å²) in [5.41, 5.74) is 2.62. The van der Waals surface area contributed by atoms with E-state index in [1.807, 2.05) is 19.9 Å². The van der Waals surface area contributed by atoms with Crippen molar-refractivity contribution in [3.05, 3.63) is 40.7 Å². The fourth-order valence-electron chi connectivity index (χ4n) is 2.44.